The Bertz CT molecular complexity index is 454. The van der Waals surface area contributed by atoms with Gasteiger partial charge in [0, 0.05) is 18.1 Å². The molecule has 0 saturated heterocycles. The fourth-order valence-corrected chi connectivity index (χ4v) is 1.95. The number of benzene rings is 1. The van der Waals surface area contributed by atoms with Crippen LogP contribution in [0.3, 0.4) is 0 Å². The molecule has 0 N–H and O–H groups in total. The van der Waals surface area contributed by atoms with E-state index >= 15 is 0 Å². The highest BCUT2D eigenvalue weighted by atomic mass is 16.6. The summed E-state index contributed by atoms with van der Waals surface area (Å²) < 4.78 is 10.8. The van der Waals surface area contributed by atoms with Crippen LogP contribution in [-0.2, 0) is 6.42 Å². The van der Waals surface area contributed by atoms with Gasteiger partial charge in [-0.3, -0.25) is 10.1 Å². The van der Waals surface area contributed by atoms with Crippen molar-refractivity contribution in [2.75, 3.05) is 7.11 Å². The molecule has 16 heavy (non-hydrogen) atoms. The van der Waals surface area contributed by atoms with Gasteiger partial charge in [0.05, 0.1) is 12.0 Å². The van der Waals surface area contributed by atoms with Crippen molar-refractivity contribution < 1.29 is 14.4 Å². The Kier molecular flexibility index (Phi) is 2.26. The molecule has 0 aromatic heterocycles. The highest BCUT2D eigenvalue weighted by molar-refractivity contribution is 5.60. The third-order valence-electron chi connectivity index (χ3n) is 2.59. The minimum Gasteiger partial charge on any atom is -0.496 e. The second-order valence-electron chi connectivity index (χ2n) is 4.39. The van der Waals surface area contributed by atoms with E-state index in [4.69, 9.17) is 9.47 Å². The predicted octanol–water partition coefficient (Wildman–Crippen LogP) is 2.32. The first-order valence-corrected chi connectivity index (χ1v) is 4.98. The summed E-state index contributed by atoms with van der Waals surface area (Å²) in [5.74, 6) is 0.987. The van der Waals surface area contributed by atoms with Gasteiger partial charge < -0.3 is 9.47 Å². The average Bonchev–Trinajstić information content (AvgIpc) is 2.50. The number of nitro groups is 1. The zero-order valence-corrected chi connectivity index (χ0v) is 9.44. The summed E-state index contributed by atoms with van der Waals surface area (Å²) in [6.45, 7) is 3.80. The van der Waals surface area contributed by atoms with Crippen LogP contribution in [0.15, 0.2) is 12.1 Å². The molecule has 1 heterocycles. The highest BCUT2D eigenvalue weighted by Gasteiger charge is 2.37. The minimum atomic E-state index is -0.431. The Morgan fingerprint density at radius 3 is 2.75 bits per heavy atom. The van der Waals surface area contributed by atoms with E-state index in [2.05, 4.69) is 0 Å². The second-order valence-corrected chi connectivity index (χ2v) is 4.39. The molecule has 0 saturated carbocycles. The molecule has 0 bridgehead atoms. The number of nitrogens with zero attached hydrogens (tertiary/aromatic N) is 1. The summed E-state index contributed by atoms with van der Waals surface area (Å²) in [4.78, 5) is 10.4. The molecular formula is C11H13NO4. The van der Waals surface area contributed by atoms with Crippen LogP contribution in [0.5, 0.6) is 11.5 Å². The lowest BCUT2D eigenvalue weighted by atomic mass is 10.0. The maximum Gasteiger partial charge on any atom is 0.311 e. The van der Waals surface area contributed by atoms with Gasteiger partial charge in [-0.05, 0) is 19.9 Å². The van der Waals surface area contributed by atoms with Gasteiger partial charge in [0.1, 0.15) is 11.4 Å². The number of methoxy groups -OCH3 is 1. The number of nitro benzene ring substituents is 1. The van der Waals surface area contributed by atoms with Crippen molar-refractivity contribution in [3.8, 4) is 11.5 Å². The monoisotopic (exact) mass is 223 g/mol. The van der Waals surface area contributed by atoms with E-state index in [0.717, 1.165) is 5.56 Å². The SMILES string of the molecule is COc1ccc([N+](=O)[O-])c2c1CC(C)(C)O2. The fraction of sp³-hybridized carbons (Fsp3) is 0.455. The molecule has 1 aromatic rings. The van der Waals surface area contributed by atoms with Crippen LogP contribution in [0.1, 0.15) is 19.4 Å². The minimum absolute atomic E-state index is 0.00127. The van der Waals surface area contributed by atoms with Crippen molar-refractivity contribution in [3.05, 3.63) is 27.8 Å². The lowest BCUT2D eigenvalue weighted by Gasteiger charge is -2.16. The Labute approximate surface area is 93.1 Å². The van der Waals surface area contributed by atoms with Gasteiger partial charge in [-0.2, -0.15) is 0 Å². The van der Waals surface area contributed by atoms with Crippen molar-refractivity contribution in [1.82, 2.24) is 0 Å². The first-order valence-electron chi connectivity index (χ1n) is 4.98. The normalized spacial score (nSPS) is 16.4. The third kappa shape index (κ3) is 1.58. The van der Waals surface area contributed by atoms with Crippen LogP contribution in [0.25, 0.3) is 0 Å². The number of hydrogen-bond donors (Lipinski definition) is 0. The molecule has 0 radical (unpaired) electrons. The zero-order chi connectivity index (χ0) is 11.9. The summed E-state index contributed by atoms with van der Waals surface area (Å²) in [6.07, 6.45) is 0.618. The quantitative estimate of drug-likeness (QED) is 0.570. The smallest absolute Gasteiger partial charge is 0.311 e. The molecule has 1 aromatic carbocycles. The summed E-state index contributed by atoms with van der Waals surface area (Å²) >= 11 is 0. The van der Waals surface area contributed by atoms with E-state index in [-0.39, 0.29) is 5.69 Å². The molecule has 2 rings (SSSR count). The van der Waals surface area contributed by atoms with Crippen LogP contribution >= 0.6 is 0 Å². The molecule has 86 valence electrons. The van der Waals surface area contributed by atoms with Crippen molar-refractivity contribution in [3.63, 3.8) is 0 Å². The largest absolute Gasteiger partial charge is 0.496 e. The van der Waals surface area contributed by atoms with E-state index in [1.807, 2.05) is 13.8 Å². The predicted molar refractivity (Wildman–Crippen MR) is 58.1 cm³/mol. The van der Waals surface area contributed by atoms with Crippen LogP contribution in [-0.4, -0.2) is 17.6 Å². The van der Waals surface area contributed by atoms with Gasteiger partial charge in [0.2, 0.25) is 5.75 Å². The van der Waals surface area contributed by atoms with Gasteiger partial charge >= 0.3 is 5.69 Å². The Morgan fingerprint density at radius 2 is 2.19 bits per heavy atom. The standard InChI is InChI=1S/C11H13NO4/c1-11(2)6-7-9(15-3)5-4-8(12(13)14)10(7)16-11/h4-5H,6H2,1-3H3. The van der Waals surface area contributed by atoms with E-state index in [1.165, 1.54) is 6.07 Å². The van der Waals surface area contributed by atoms with Gasteiger partial charge in [0.25, 0.3) is 0 Å². The van der Waals surface area contributed by atoms with Crippen LogP contribution in [0.2, 0.25) is 0 Å². The van der Waals surface area contributed by atoms with Gasteiger partial charge in [0.15, 0.2) is 0 Å². The highest BCUT2D eigenvalue weighted by Crippen LogP contribution is 2.45. The third-order valence-corrected chi connectivity index (χ3v) is 2.59. The molecule has 0 unspecified atom stereocenters. The first-order chi connectivity index (χ1) is 7.44. The maximum absolute atomic E-state index is 10.9. The van der Waals surface area contributed by atoms with E-state index in [1.54, 1.807) is 13.2 Å². The summed E-state index contributed by atoms with van der Waals surface area (Å²) in [5.41, 5.74) is 0.366. The average molecular weight is 223 g/mol. The van der Waals surface area contributed by atoms with E-state index in [9.17, 15) is 10.1 Å². The molecule has 0 atom stereocenters. The number of hydrogen-bond acceptors (Lipinski definition) is 4. The molecule has 0 amide bonds. The van der Waals surface area contributed by atoms with Crippen LogP contribution in [0.4, 0.5) is 5.69 Å². The van der Waals surface area contributed by atoms with Gasteiger partial charge in [-0.1, -0.05) is 0 Å². The zero-order valence-electron chi connectivity index (χ0n) is 9.44. The molecular weight excluding hydrogens is 210 g/mol. The van der Waals surface area contributed by atoms with Crippen molar-refractivity contribution in [2.45, 2.75) is 25.9 Å². The number of ether oxygens (including phenoxy) is 2. The lowest BCUT2D eigenvalue weighted by Crippen LogP contribution is -2.24. The molecule has 0 spiro atoms. The number of fused-ring (bicyclic) bond motifs is 1. The van der Waals surface area contributed by atoms with Gasteiger partial charge in [-0.15, -0.1) is 0 Å². The lowest BCUT2D eigenvalue weighted by molar-refractivity contribution is -0.386. The van der Waals surface area contributed by atoms with Crippen molar-refractivity contribution >= 4 is 5.69 Å². The van der Waals surface area contributed by atoms with E-state index in [0.29, 0.717) is 17.9 Å². The molecule has 5 heteroatoms. The second kappa shape index (κ2) is 3.37. The summed E-state index contributed by atoms with van der Waals surface area (Å²) in [5, 5.41) is 10.9. The van der Waals surface area contributed by atoms with Gasteiger partial charge in [-0.25, -0.2) is 0 Å². The molecule has 5 nitrogen and oxygen atoms in total. The Morgan fingerprint density at radius 1 is 1.50 bits per heavy atom. The van der Waals surface area contributed by atoms with Crippen molar-refractivity contribution in [1.29, 1.82) is 0 Å². The molecule has 0 aliphatic carbocycles. The molecule has 1 aliphatic heterocycles. The first kappa shape index (κ1) is 10.7. The molecule has 1 aliphatic rings. The van der Waals surface area contributed by atoms with E-state index < -0.39 is 10.5 Å². The topological polar surface area (TPSA) is 61.6 Å². The van der Waals surface area contributed by atoms with Crippen LogP contribution in [0, 0.1) is 10.1 Å². The summed E-state index contributed by atoms with van der Waals surface area (Å²) in [6, 6.07) is 3.03. The summed E-state index contributed by atoms with van der Waals surface area (Å²) in [7, 11) is 1.55. The van der Waals surface area contributed by atoms with Crippen molar-refractivity contribution in [2.24, 2.45) is 0 Å². The molecule has 0 fully saturated rings. The van der Waals surface area contributed by atoms with Crippen LogP contribution < -0.4 is 9.47 Å². The Balaban J connectivity index is 2.59. The number of rotatable bonds is 2. The fourth-order valence-electron chi connectivity index (χ4n) is 1.95. The Hall–Kier alpha value is -1.78. The maximum atomic E-state index is 10.9.